The van der Waals surface area contributed by atoms with Gasteiger partial charge in [0.15, 0.2) is 0 Å². The Balaban J connectivity index is 1.94. The Hall–Kier alpha value is -0.870. The quantitative estimate of drug-likeness (QED) is 0.838. The third kappa shape index (κ3) is 3.54. The van der Waals surface area contributed by atoms with Crippen LogP contribution in [0.5, 0.6) is 0 Å². The molecule has 1 atom stereocenters. The number of amides is 1. The molecule has 1 amide bonds. The monoisotopic (exact) mass is 297 g/mol. The molecule has 1 unspecified atom stereocenters. The van der Waals surface area contributed by atoms with Gasteiger partial charge in [-0.2, -0.15) is 0 Å². The van der Waals surface area contributed by atoms with E-state index >= 15 is 0 Å². The van der Waals surface area contributed by atoms with Crippen LogP contribution in [0, 0.1) is 0 Å². The molecule has 1 aliphatic heterocycles. The van der Waals surface area contributed by atoms with E-state index in [1.165, 1.54) is 0 Å². The summed E-state index contributed by atoms with van der Waals surface area (Å²) in [4.78, 5) is 13.9. The molecule has 0 radical (unpaired) electrons. The number of halogens is 1. The van der Waals surface area contributed by atoms with Gasteiger partial charge < -0.3 is 9.64 Å². The van der Waals surface area contributed by atoms with Gasteiger partial charge in [0, 0.05) is 17.6 Å². The Labute approximate surface area is 110 Å². The fourth-order valence-corrected chi connectivity index (χ4v) is 2.20. The van der Waals surface area contributed by atoms with Crippen molar-refractivity contribution in [2.24, 2.45) is 0 Å². The predicted molar refractivity (Wildman–Crippen MR) is 69.8 cm³/mol. The largest absolute Gasteiger partial charge is 0.375 e. The van der Waals surface area contributed by atoms with Crippen LogP contribution in [-0.2, 0) is 16.0 Å². The Bertz CT molecular complexity index is 391. The van der Waals surface area contributed by atoms with Gasteiger partial charge in [0.1, 0.15) is 0 Å². The minimum Gasteiger partial charge on any atom is -0.375 e. The number of carbonyl (C=O) groups excluding carboxylic acids is 1. The summed E-state index contributed by atoms with van der Waals surface area (Å²) < 4.78 is 6.46. The number of rotatable bonds is 2. The molecule has 1 aromatic carbocycles. The molecule has 1 saturated heterocycles. The fourth-order valence-electron chi connectivity index (χ4n) is 1.93. The second-order valence-corrected chi connectivity index (χ2v) is 5.24. The van der Waals surface area contributed by atoms with Gasteiger partial charge in [-0.05, 0) is 24.6 Å². The van der Waals surface area contributed by atoms with Crippen LogP contribution in [0.4, 0.5) is 0 Å². The van der Waals surface area contributed by atoms with Crippen LogP contribution in [-0.4, -0.2) is 36.6 Å². The molecule has 3 nitrogen and oxygen atoms in total. The van der Waals surface area contributed by atoms with Gasteiger partial charge in [-0.15, -0.1) is 0 Å². The van der Waals surface area contributed by atoms with Crippen molar-refractivity contribution >= 4 is 21.8 Å². The van der Waals surface area contributed by atoms with Crippen LogP contribution >= 0.6 is 15.9 Å². The molecule has 1 aromatic rings. The number of benzene rings is 1. The topological polar surface area (TPSA) is 29.5 Å². The zero-order chi connectivity index (χ0) is 12.3. The number of ether oxygens (including phenoxy) is 1. The third-order valence-electron chi connectivity index (χ3n) is 2.86. The zero-order valence-corrected chi connectivity index (χ0v) is 11.4. The molecule has 1 fully saturated rings. The lowest BCUT2D eigenvalue weighted by Gasteiger charge is -2.31. The Morgan fingerprint density at radius 3 is 2.82 bits per heavy atom. The number of hydrogen-bond acceptors (Lipinski definition) is 2. The van der Waals surface area contributed by atoms with Gasteiger partial charge in [0.2, 0.25) is 5.91 Å². The summed E-state index contributed by atoms with van der Waals surface area (Å²) in [6.45, 7) is 4.06. The average Bonchev–Trinajstić information content (AvgIpc) is 2.32. The molecule has 0 N–H and O–H groups in total. The molecule has 0 aromatic heterocycles. The van der Waals surface area contributed by atoms with Crippen molar-refractivity contribution in [3.8, 4) is 0 Å². The number of morpholine rings is 1. The molecule has 2 rings (SSSR count). The minimum atomic E-state index is 0.151. The first-order valence-electron chi connectivity index (χ1n) is 5.79. The van der Waals surface area contributed by atoms with Gasteiger partial charge >= 0.3 is 0 Å². The third-order valence-corrected chi connectivity index (χ3v) is 3.39. The summed E-state index contributed by atoms with van der Waals surface area (Å²) in [5.41, 5.74) is 1.05. The van der Waals surface area contributed by atoms with Crippen molar-refractivity contribution in [2.45, 2.75) is 19.4 Å². The van der Waals surface area contributed by atoms with E-state index in [0.29, 0.717) is 26.1 Å². The predicted octanol–water partition coefficient (Wildman–Crippen LogP) is 2.24. The number of hydrogen-bond donors (Lipinski definition) is 0. The highest BCUT2D eigenvalue weighted by Crippen LogP contribution is 2.12. The second kappa shape index (κ2) is 5.65. The van der Waals surface area contributed by atoms with Crippen molar-refractivity contribution in [1.82, 2.24) is 4.90 Å². The lowest BCUT2D eigenvalue weighted by atomic mass is 10.1. The van der Waals surface area contributed by atoms with Gasteiger partial charge in [0.25, 0.3) is 0 Å². The molecule has 0 spiro atoms. The first-order valence-corrected chi connectivity index (χ1v) is 6.58. The molecular weight excluding hydrogens is 282 g/mol. The van der Waals surface area contributed by atoms with E-state index in [4.69, 9.17) is 4.74 Å². The smallest absolute Gasteiger partial charge is 0.227 e. The fraction of sp³-hybridized carbons (Fsp3) is 0.462. The van der Waals surface area contributed by atoms with Gasteiger partial charge in [-0.25, -0.2) is 0 Å². The molecular formula is C13H16BrNO2. The van der Waals surface area contributed by atoms with Crippen LogP contribution < -0.4 is 0 Å². The van der Waals surface area contributed by atoms with Gasteiger partial charge in [0.05, 0.1) is 19.1 Å². The van der Waals surface area contributed by atoms with Crippen molar-refractivity contribution in [1.29, 1.82) is 0 Å². The maximum absolute atomic E-state index is 12.1. The summed E-state index contributed by atoms with van der Waals surface area (Å²) in [6.07, 6.45) is 0.623. The van der Waals surface area contributed by atoms with Crippen molar-refractivity contribution < 1.29 is 9.53 Å². The summed E-state index contributed by atoms with van der Waals surface area (Å²) in [7, 11) is 0. The molecule has 4 heteroatoms. The van der Waals surface area contributed by atoms with Crippen LogP contribution in [0.3, 0.4) is 0 Å². The molecule has 1 heterocycles. The molecule has 92 valence electrons. The van der Waals surface area contributed by atoms with E-state index in [1.54, 1.807) is 0 Å². The van der Waals surface area contributed by atoms with Crippen LogP contribution in [0.25, 0.3) is 0 Å². The molecule has 0 bridgehead atoms. The lowest BCUT2D eigenvalue weighted by molar-refractivity contribution is -0.137. The highest BCUT2D eigenvalue weighted by molar-refractivity contribution is 9.10. The van der Waals surface area contributed by atoms with E-state index in [0.717, 1.165) is 10.0 Å². The Morgan fingerprint density at radius 2 is 2.18 bits per heavy atom. The normalized spacial score (nSPS) is 20.4. The Morgan fingerprint density at radius 1 is 1.47 bits per heavy atom. The summed E-state index contributed by atoms with van der Waals surface area (Å²) in [5, 5.41) is 0. The first kappa shape index (κ1) is 12.6. The summed E-state index contributed by atoms with van der Waals surface area (Å²) in [5.74, 6) is 0.183. The molecule has 0 saturated carbocycles. The van der Waals surface area contributed by atoms with Crippen LogP contribution in [0.2, 0.25) is 0 Å². The van der Waals surface area contributed by atoms with E-state index < -0.39 is 0 Å². The SMILES string of the molecule is CC1CN(C(=O)Cc2ccc(Br)cc2)CCO1. The zero-order valence-electron chi connectivity index (χ0n) is 9.86. The molecule has 17 heavy (non-hydrogen) atoms. The maximum atomic E-state index is 12.1. The lowest BCUT2D eigenvalue weighted by Crippen LogP contribution is -2.45. The molecule has 0 aliphatic carbocycles. The highest BCUT2D eigenvalue weighted by Gasteiger charge is 2.21. The van der Waals surface area contributed by atoms with Crippen LogP contribution in [0.15, 0.2) is 28.7 Å². The van der Waals surface area contributed by atoms with E-state index in [1.807, 2.05) is 36.1 Å². The van der Waals surface area contributed by atoms with Gasteiger partial charge in [-0.3, -0.25) is 4.79 Å². The summed E-state index contributed by atoms with van der Waals surface area (Å²) in [6, 6.07) is 7.88. The van der Waals surface area contributed by atoms with Gasteiger partial charge in [-0.1, -0.05) is 28.1 Å². The van der Waals surface area contributed by atoms with E-state index in [9.17, 15) is 4.79 Å². The number of carbonyl (C=O) groups is 1. The standard InChI is InChI=1S/C13H16BrNO2/c1-10-9-15(6-7-17-10)13(16)8-11-2-4-12(14)5-3-11/h2-5,10H,6-9H2,1H3. The van der Waals surface area contributed by atoms with Crippen molar-refractivity contribution in [3.63, 3.8) is 0 Å². The Kier molecular flexibility index (Phi) is 4.18. The second-order valence-electron chi connectivity index (χ2n) is 4.32. The highest BCUT2D eigenvalue weighted by atomic mass is 79.9. The molecule has 1 aliphatic rings. The van der Waals surface area contributed by atoms with E-state index in [-0.39, 0.29) is 12.0 Å². The maximum Gasteiger partial charge on any atom is 0.227 e. The van der Waals surface area contributed by atoms with Crippen molar-refractivity contribution in [3.05, 3.63) is 34.3 Å². The van der Waals surface area contributed by atoms with Crippen molar-refractivity contribution in [2.75, 3.05) is 19.7 Å². The minimum absolute atomic E-state index is 0.151. The number of nitrogens with zero attached hydrogens (tertiary/aromatic N) is 1. The summed E-state index contributed by atoms with van der Waals surface area (Å²) >= 11 is 3.38. The average molecular weight is 298 g/mol. The first-order chi connectivity index (χ1) is 8.15. The van der Waals surface area contributed by atoms with Crippen LogP contribution in [0.1, 0.15) is 12.5 Å². The van der Waals surface area contributed by atoms with E-state index in [2.05, 4.69) is 15.9 Å².